The molecule has 0 amide bonds. The second-order valence-corrected chi connectivity index (χ2v) is 5.52. The molecular formula is C16H16O4. The van der Waals surface area contributed by atoms with Crippen molar-refractivity contribution in [1.82, 2.24) is 0 Å². The zero-order chi connectivity index (χ0) is 14.4. The van der Waals surface area contributed by atoms with Gasteiger partial charge in [-0.3, -0.25) is 4.79 Å². The number of rotatable bonds is 2. The van der Waals surface area contributed by atoms with Gasteiger partial charge in [0.1, 0.15) is 6.61 Å². The number of hydrogen-bond donors (Lipinski definition) is 0. The number of esters is 1. The van der Waals surface area contributed by atoms with E-state index < -0.39 is 23.1 Å². The topological polar surface area (TPSA) is 52.6 Å². The van der Waals surface area contributed by atoms with Crippen molar-refractivity contribution in [3.8, 4) is 0 Å². The van der Waals surface area contributed by atoms with E-state index in [1.165, 1.54) is 0 Å². The molecule has 104 valence electrons. The number of ether oxygens (including phenoxy) is 2. The zero-order valence-electron chi connectivity index (χ0n) is 11.3. The van der Waals surface area contributed by atoms with Gasteiger partial charge >= 0.3 is 5.97 Å². The Morgan fingerprint density at radius 2 is 2.00 bits per heavy atom. The summed E-state index contributed by atoms with van der Waals surface area (Å²) in [6, 6.07) is 9.44. The number of Topliss-reactive ketones (excluding diaryl/α,β-unsaturated/α-hetero) is 1. The molecule has 2 saturated heterocycles. The van der Waals surface area contributed by atoms with Crippen molar-refractivity contribution < 1.29 is 19.1 Å². The van der Waals surface area contributed by atoms with Gasteiger partial charge in [-0.15, -0.1) is 6.58 Å². The Bertz CT molecular complexity index is 579. The monoisotopic (exact) mass is 272 g/mol. The normalized spacial score (nSPS) is 36.4. The van der Waals surface area contributed by atoms with Crippen LogP contribution in [0.1, 0.15) is 25.0 Å². The fourth-order valence-corrected chi connectivity index (χ4v) is 2.96. The molecule has 0 radical (unpaired) electrons. The van der Waals surface area contributed by atoms with Gasteiger partial charge in [-0.25, -0.2) is 4.79 Å². The molecule has 0 unspecified atom stereocenters. The zero-order valence-corrected chi connectivity index (χ0v) is 11.3. The van der Waals surface area contributed by atoms with Gasteiger partial charge in [0, 0.05) is 6.42 Å². The number of benzene rings is 1. The first-order valence-corrected chi connectivity index (χ1v) is 6.60. The molecule has 0 saturated carbocycles. The molecule has 4 nitrogen and oxygen atoms in total. The highest BCUT2D eigenvalue weighted by atomic mass is 16.6. The molecule has 1 spiro atoms. The van der Waals surface area contributed by atoms with E-state index in [9.17, 15) is 9.59 Å². The molecule has 1 aromatic carbocycles. The fraction of sp³-hybridized carbons (Fsp3) is 0.375. The SMILES string of the molecule is C=C[C@@]1(C)COC(=O)[C@]12O[C@@H](c1ccccc1)CC2=O. The summed E-state index contributed by atoms with van der Waals surface area (Å²) < 4.78 is 11.0. The van der Waals surface area contributed by atoms with Gasteiger partial charge < -0.3 is 9.47 Å². The summed E-state index contributed by atoms with van der Waals surface area (Å²) >= 11 is 0. The number of cyclic esters (lactones) is 1. The Labute approximate surface area is 117 Å². The third kappa shape index (κ3) is 1.51. The number of ketones is 1. The third-order valence-electron chi connectivity index (χ3n) is 4.30. The molecule has 3 rings (SSSR count). The lowest BCUT2D eigenvalue weighted by molar-refractivity contribution is -0.166. The van der Waals surface area contributed by atoms with Crippen molar-refractivity contribution in [2.75, 3.05) is 6.61 Å². The van der Waals surface area contributed by atoms with Crippen molar-refractivity contribution >= 4 is 11.8 Å². The highest BCUT2D eigenvalue weighted by Gasteiger charge is 2.68. The predicted octanol–water partition coefficient (Wildman–Crippen LogP) is 2.21. The highest BCUT2D eigenvalue weighted by Crippen LogP contribution is 2.51. The third-order valence-corrected chi connectivity index (χ3v) is 4.30. The van der Waals surface area contributed by atoms with Crippen molar-refractivity contribution in [3.05, 3.63) is 48.6 Å². The van der Waals surface area contributed by atoms with Crippen LogP contribution in [-0.2, 0) is 19.1 Å². The van der Waals surface area contributed by atoms with Crippen LogP contribution in [0.5, 0.6) is 0 Å². The van der Waals surface area contributed by atoms with E-state index >= 15 is 0 Å². The molecule has 0 bridgehead atoms. The maximum absolute atomic E-state index is 12.5. The molecule has 4 heteroatoms. The molecule has 0 aromatic heterocycles. The van der Waals surface area contributed by atoms with Crippen molar-refractivity contribution in [1.29, 1.82) is 0 Å². The van der Waals surface area contributed by atoms with Crippen LogP contribution in [0, 0.1) is 5.41 Å². The minimum atomic E-state index is -1.53. The average molecular weight is 272 g/mol. The van der Waals surface area contributed by atoms with Gasteiger partial charge in [-0.1, -0.05) is 36.4 Å². The largest absolute Gasteiger partial charge is 0.462 e. The van der Waals surface area contributed by atoms with Gasteiger partial charge in [0.2, 0.25) is 5.60 Å². The van der Waals surface area contributed by atoms with E-state index in [1.54, 1.807) is 13.0 Å². The van der Waals surface area contributed by atoms with Gasteiger partial charge in [-0.05, 0) is 12.5 Å². The summed E-state index contributed by atoms with van der Waals surface area (Å²) in [6.45, 7) is 5.64. The molecule has 2 aliphatic rings. The van der Waals surface area contributed by atoms with Crippen LogP contribution >= 0.6 is 0 Å². The molecule has 2 aliphatic heterocycles. The Morgan fingerprint density at radius 1 is 1.30 bits per heavy atom. The minimum absolute atomic E-state index is 0.128. The van der Waals surface area contributed by atoms with Crippen LogP contribution in [0.15, 0.2) is 43.0 Å². The van der Waals surface area contributed by atoms with Gasteiger partial charge in [0.25, 0.3) is 0 Å². The van der Waals surface area contributed by atoms with Crippen LogP contribution in [0.2, 0.25) is 0 Å². The Kier molecular flexibility index (Phi) is 2.80. The highest BCUT2D eigenvalue weighted by molar-refractivity contribution is 6.11. The summed E-state index contributed by atoms with van der Waals surface area (Å²) in [7, 11) is 0. The predicted molar refractivity (Wildman–Crippen MR) is 71.9 cm³/mol. The lowest BCUT2D eigenvalue weighted by Gasteiger charge is -2.31. The molecule has 1 aromatic rings. The van der Waals surface area contributed by atoms with Crippen molar-refractivity contribution in [2.24, 2.45) is 5.41 Å². The molecule has 0 N–H and O–H groups in total. The number of carbonyl (C=O) groups is 2. The molecular weight excluding hydrogens is 256 g/mol. The quantitative estimate of drug-likeness (QED) is 0.470. The van der Waals surface area contributed by atoms with Crippen molar-refractivity contribution in [2.45, 2.75) is 25.0 Å². The first kappa shape index (κ1) is 13.1. The van der Waals surface area contributed by atoms with E-state index in [1.807, 2.05) is 30.3 Å². The average Bonchev–Trinajstić information content (AvgIpc) is 2.95. The standard InChI is InChI=1S/C16H16O4/c1-3-15(2)10-19-14(18)16(15)13(17)9-12(20-16)11-7-5-4-6-8-11/h3-8,12H,1,9-10H2,2H3/t12-,15+,16+/m1/s1. The molecule has 2 fully saturated rings. The van der Waals surface area contributed by atoms with Crippen LogP contribution < -0.4 is 0 Å². The molecule has 2 heterocycles. The second kappa shape index (κ2) is 4.28. The fourth-order valence-electron chi connectivity index (χ4n) is 2.96. The minimum Gasteiger partial charge on any atom is -0.462 e. The van der Waals surface area contributed by atoms with Gasteiger partial charge in [0.05, 0.1) is 11.5 Å². The maximum atomic E-state index is 12.5. The van der Waals surface area contributed by atoms with Crippen LogP contribution in [0.4, 0.5) is 0 Å². The first-order valence-electron chi connectivity index (χ1n) is 6.60. The smallest absolute Gasteiger partial charge is 0.347 e. The lowest BCUT2D eigenvalue weighted by Crippen LogP contribution is -2.52. The van der Waals surface area contributed by atoms with Crippen LogP contribution in [-0.4, -0.2) is 24.0 Å². The number of hydrogen-bond acceptors (Lipinski definition) is 4. The summed E-state index contributed by atoms with van der Waals surface area (Å²) in [4.78, 5) is 24.6. The van der Waals surface area contributed by atoms with E-state index in [2.05, 4.69) is 6.58 Å². The second-order valence-electron chi connectivity index (χ2n) is 5.52. The number of carbonyl (C=O) groups excluding carboxylic acids is 2. The van der Waals surface area contributed by atoms with Crippen molar-refractivity contribution in [3.63, 3.8) is 0 Å². The summed E-state index contributed by atoms with van der Waals surface area (Å²) in [5.41, 5.74) is -1.45. The molecule has 3 atom stereocenters. The van der Waals surface area contributed by atoms with E-state index in [4.69, 9.17) is 9.47 Å². The van der Waals surface area contributed by atoms with Gasteiger partial charge in [-0.2, -0.15) is 0 Å². The van der Waals surface area contributed by atoms with E-state index in [-0.39, 0.29) is 18.8 Å². The Hall–Kier alpha value is -1.94. The van der Waals surface area contributed by atoms with Gasteiger partial charge in [0.15, 0.2) is 5.78 Å². The van der Waals surface area contributed by atoms with E-state index in [0.29, 0.717) is 0 Å². The Morgan fingerprint density at radius 3 is 2.65 bits per heavy atom. The van der Waals surface area contributed by atoms with Crippen LogP contribution in [0.25, 0.3) is 0 Å². The molecule has 0 aliphatic carbocycles. The summed E-state index contributed by atoms with van der Waals surface area (Å²) in [6.07, 6.45) is 1.36. The Balaban J connectivity index is 2.01. The maximum Gasteiger partial charge on any atom is 0.347 e. The van der Waals surface area contributed by atoms with Crippen LogP contribution in [0.3, 0.4) is 0 Å². The lowest BCUT2D eigenvalue weighted by atomic mass is 9.73. The summed E-state index contributed by atoms with van der Waals surface area (Å²) in [5.74, 6) is -0.820. The molecule has 20 heavy (non-hydrogen) atoms. The first-order chi connectivity index (χ1) is 9.53. The van der Waals surface area contributed by atoms with E-state index in [0.717, 1.165) is 5.56 Å². The summed E-state index contributed by atoms with van der Waals surface area (Å²) in [5, 5.41) is 0.